The third kappa shape index (κ3) is 2.84. The van der Waals surface area contributed by atoms with Crippen LogP contribution in [0, 0.1) is 0 Å². The second kappa shape index (κ2) is 5.98. The van der Waals surface area contributed by atoms with Gasteiger partial charge in [0.15, 0.2) is 0 Å². The minimum absolute atomic E-state index is 0.104. The molecule has 6 nitrogen and oxygen atoms in total. The number of benzene rings is 1. The van der Waals surface area contributed by atoms with Crippen molar-refractivity contribution in [3.05, 3.63) is 22.7 Å². The number of rotatable bonds is 4. The van der Waals surface area contributed by atoms with Gasteiger partial charge in [-0.15, -0.1) is 0 Å². The van der Waals surface area contributed by atoms with Crippen molar-refractivity contribution in [1.82, 2.24) is 4.31 Å². The van der Waals surface area contributed by atoms with Gasteiger partial charge in [0.1, 0.15) is 4.90 Å². The normalized spacial score (nSPS) is 24.1. The zero-order valence-corrected chi connectivity index (χ0v) is 13.6. The van der Waals surface area contributed by atoms with Gasteiger partial charge in [-0.25, -0.2) is 8.42 Å². The fraction of sp³-hybridized carbons (Fsp3) is 0.500. The molecule has 0 bridgehead atoms. The van der Waals surface area contributed by atoms with Gasteiger partial charge in [0.2, 0.25) is 10.0 Å². The van der Waals surface area contributed by atoms with Crippen molar-refractivity contribution in [3.63, 3.8) is 0 Å². The van der Waals surface area contributed by atoms with Gasteiger partial charge in [-0.1, -0.05) is 15.9 Å². The molecule has 20 heavy (non-hydrogen) atoms. The number of sulfonamides is 1. The molecule has 112 valence electrons. The van der Waals surface area contributed by atoms with Gasteiger partial charge in [0.25, 0.3) is 0 Å². The lowest BCUT2D eigenvalue weighted by molar-refractivity contribution is -0.00461. The number of ether oxygens (including phenoxy) is 2. The van der Waals surface area contributed by atoms with Gasteiger partial charge >= 0.3 is 0 Å². The smallest absolute Gasteiger partial charge is 0.245 e. The first-order valence-electron chi connectivity index (χ1n) is 6.01. The van der Waals surface area contributed by atoms with E-state index in [1.165, 1.54) is 10.4 Å². The summed E-state index contributed by atoms with van der Waals surface area (Å²) >= 11 is 3.26. The van der Waals surface area contributed by atoms with E-state index in [0.717, 1.165) is 4.47 Å². The topological polar surface area (TPSA) is 81.9 Å². The van der Waals surface area contributed by atoms with E-state index in [1.54, 1.807) is 26.4 Å². The van der Waals surface area contributed by atoms with Crippen LogP contribution in [0.15, 0.2) is 27.6 Å². The van der Waals surface area contributed by atoms with Crippen molar-refractivity contribution in [2.24, 2.45) is 0 Å². The lowest BCUT2D eigenvalue weighted by atomic mass is 10.3. The highest BCUT2D eigenvalue weighted by Crippen LogP contribution is 2.29. The number of nitrogen functional groups attached to an aromatic ring is 1. The van der Waals surface area contributed by atoms with Crippen molar-refractivity contribution in [3.8, 4) is 0 Å². The molecular weight excluding hydrogens is 348 g/mol. The molecule has 1 aliphatic rings. The number of hydrogen-bond donors (Lipinski definition) is 1. The number of nitrogens with zero attached hydrogens (tertiary/aromatic N) is 1. The fourth-order valence-corrected chi connectivity index (χ4v) is 4.19. The highest BCUT2D eigenvalue weighted by Gasteiger charge is 2.40. The Morgan fingerprint density at radius 3 is 2.25 bits per heavy atom. The van der Waals surface area contributed by atoms with Gasteiger partial charge < -0.3 is 15.2 Å². The van der Waals surface area contributed by atoms with Crippen molar-refractivity contribution in [2.45, 2.75) is 17.1 Å². The Kier molecular flexibility index (Phi) is 4.70. The first-order chi connectivity index (χ1) is 9.40. The van der Waals surface area contributed by atoms with E-state index in [4.69, 9.17) is 15.2 Å². The summed E-state index contributed by atoms with van der Waals surface area (Å²) in [4.78, 5) is 0.104. The van der Waals surface area contributed by atoms with Crippen molar-refractivity contribution < 1.29 is 17.9 Å². The molecule has 2 atom stereocenters. The number of halogens is 1. The van der Waals surface area contributed by atoms with E-state index in [1.807, 2.05) is 0 Å². The summed E-state index contributed by atoms with van der Waals surface area (Å²) in [5.74, 6) is 0. The number of nitrogens with two attached hydrogens (primary N) is 1. The van der Waals surface area contributed by atoms with Crippen LogP contribution in [0.2, 0.25) is 0 Å². The van der Waals surface area contributed by atoms with E-state index < -0.39 is 10.0 Å². The molecule has 1 aromatic rings. The zero-order chi connectivity index (χ0) is 14.9. The molecule has 1 heterocycles. The van der Waals surface area contributed by atoms with Gasteiger partial charge in [0.05, 0.1) is 17.9 Å². The molecular formula is C12H17BrN2O4S. The highest BCUT2D eigenvalue weighted by atomic mass is 79.9. The Morgan fingerprint density at radius 1 is 1.25 bits per heavy atom. The largest absolute Gasteiger partial charge is 0.398 e. The van der Waals surface area contributed by atoms with Gasteiger partial charge in [-0.3, -0.25) is 0 Å². The van der Waals surface area contributed by atoms with Gasteiger partial charge in [-0.2, -0.15) is 4.31 Å². The van der Waals surface area contributed by atoms with E-state index in [-0.39, 0.29) is 35.9 Å². The molecule has 0 radical (unpaired) electrons. The number of anilines is 1. The molecule has 2 N–H and O–H groups in total. The first kappa shape index (κ1) is 15.7. The predicted molar refractivity (Wildman–Crippen MR) is 78.9 cm³/mol. The fourth-order valence-electron chi connectivity index (χ4n) is 2.25. The van der Waals surface area contributed by atoms with Crippen molar-refractivity contribution in [2.75, 3.05) is 33.0 Å². The van der Waals surface area contributed by atoms with Crippen LogP contribution in [-0.4, -0.2) is 52.2 Å². The molecule has 1 saturated heterocycles. The molecule has 0 saturated carbocycles. The van der Waals surface area contributed by atoms with E-state index >= 15 is 0 Å². The minimum Gasteiger partial charge on any atom is -0.398 e. The molecule has 0 spiro atoms. The van der Waals surface area contributed by atoms with Crippen LogP contribution in [0.5, 0.6) is 0 Å². The van der Waals surface area contributed by atoms with Gasteiger partial charge in [-0.05, 0) is 18.2 Å². The van der Waals surface area contributed by atoms with Crippen LogP contribution in [-0.2, 0) is 19.5 Å². The average molecular weight is 365 g/mol. The van der Waals surface area contributed by atoms with Crippen LogP contribution in [0.1, 0.15) is 0 Å². The molecule has 0 aromatic heterocycles. The second-order valence-electron chi connectivity index (χ2n) is 4.55. The monoisotopic (exact) mass is 364 g/mol. The Labute approximate surface area is 127 Å². The Morgan fingerprint density at radius 2 is 1.80 bits per heavy atom. The average Bonchev–Trinajstić information content (AvgIpc) is 2.82. The maximum absolute atomic E-state index is 12.6. The molecule has 1 aromatic carbocycles. The van der Waals surface area contributed by atoms with Gasteiger partial charge in [0, 0.05) is 31.8 Å². The Bertz CT molecular complexity index is 581. The zero-order valence-electron chi connectivity index (χ0n) is 11.2. The van der Waals surface area contributed by atoms with Crippen LogP contribution in [0.25, 0.3) is 0 Å². The standard InChI is InChI=1S/C12H17BrN2O4S/c1-18-10-6-15(7-11(10)19-2)20(16,17)12-4-3-8(13)5-9(12)14/h3-5,10-11H,6-7,14H2,1-2H3. The third-order valence-corrected chi connectivity index (χ3v) is 5.78. The quantitative estimate of drug-likeness (QED) is 0.808. The first-order valence-corrected chi connectivity index (χ1v) is 8.24. The van der Waals surface area contributed by atoms with Crippen molar-refractivity contribution >= 4 is 31.6 Å². The minimum atomic E-state index is -3.64. The van der Waals surface area contributed by atoms with Crippen LogP contribution in [0.4, 0.5) is 5.69 Å². The molecule has 8 heteroatoms. The summed E-state index contributed by atoms with van der Waals surface area (Å²) in [6.07, 6.45) is -0.544. The van der Waals surface area contributed by atoms with Crippen molar-refractivity contribution in [1.29, 1.82) is 0 Å². The molecule has 0 aliphatic carbocycles. The Balaban J connectivity index is 2.32. The van der Waals surface area contributed by atoms with E-state index in [0.29, 0.717) is 0 Å². The summed E-state index contributed by atoms with van der Waals surface area (Å²) in [5, 5.41) is 0. The third-order valence-electron chi connectivity index (χ3n) is 3.38. The number of hydrogen-bond acceptors (Lipinski definition) is 5. The predicted octanol–water partition coefficient (Wildman–Crippen LogP) is 1.07. The summed E-state index contributed by atoms with van der Waals surface area (Å²) in [7, 11) is -0.560. The molecule has 1 fully saturated rings. The molecule has 0 amide bonds. The second-order valence-corrected chi connectivity index (χ2v) is 7.37. The summed E-state index contributed by atoms with van der Waals surface area (Å²) in [5.41, 5.74) is 6.03. The maximum atomic E-state index is 12.6. The maximum Gasteiger partial charge on any atom is 0.245 e. The molecule has 2 rings (SSSR count). The summed E-state index contributed by atoms with van der Waals surface area (Å²) in [6, 6.07) is 4.72. The molecule has 2 unspecified atom stereocenters. The summed E-state index contributed by atoms with van der Waals surface area (Å²) in [6.45, 7) is 0.514. The SMILES string of the molecule is COC1CN(S(=O)(=O)c2ccc(Br)cc2N)CC1OC. The van der Waals surface area contributed by atoms with E-state index in [9.17, 15) is 8.42 Å². The molecule has 1 aliphatic heterocycles. The number of methoxy groups -OCH3 is 2. The Hall–Kier alpha value is -0.670. The van der Waals surface area contributed by atoms with Crippen LogP contribution < -0.4 is 5.73 Å². The van der Waals surface area contributed by atoms with Crippen LogP contribution >= 0.6 is 15.9 Å². The summed E-state index contributed by atoms with van der Waals surface area (Å²) < 4.78 is 37.8. The lowest BCUT2D eigenvalue weighted by Crippen LogP contribution is -2.30. The van der Waals surface area contributed by atoms with E-state index in [2.05, 4.69) is 15.9 Å². The van der Waals surface area contributed by atoms with Crippen LogP contribution in [0.3, 0.4) is 0 Å². The lowest BCUT2D eigenvalue weighted by Gasteiger charge is -2.17. The highest BCUT2D eigenvalue weighted by molar-refractivity contribution is 9.10.